The molecule has 0 spiro atoms. The Balaban J connectivity index is 1.11. The summed E-state index contributed by atoms with van der Waals surface area (Å²) < 4.78 is 30.1. The van der Waals surface area contributed by atoms with Gasteiger partial charge in [0.15, 0.2) is 6.29 Å². The number of hydrogen-bond acceptors (Lipinski definition) is 11. The lowest BCUT2D eigenvalue weighted by Crippen LogP contribution is -2.60. The topological polar surface area (TPSA) is 165 Å². The molecule has 16 atom stereocenters. The van der Waals surface area contributed by atoms with Crippen LogP contribution < -0.4 is 0 Å². The Kier molecular flexibility index (Phi) is 8.74. The van der Waals surface area contributed by atoms with E-state index in [0.29, 0.717) is 12.8 Å². The summed E-state index contributed by atoms with van der Waals surface area (Å²) in [5, 5.41) is 40.6. The minimum atomic E-state index is -1.47. The van der Waals surface area contributed by atoms with Crippen molar-refractivity contribution in [1.82, 2.24) is 0 Å². The van der Waals surface area contributed by atoms with Crippen LogP contribution in [-0.2, 0) is 33.3 Å². The second-order valence-electron chi connectivity index (χ2n) is 16.6. The first-order chi connectivity index (χ1) is 22.6. The lowest BCUT2D eigenvalue weighted by molar-refractivity contribution is -0.314. The van der Waals surface area contributed by atoms with Crippen LogP contribution >= 0.6 is 0 Å². The van der Waals surface area contributed by atoms with Crippen LogP contribution in [0.4, 0.5) is 0 Å². The van der Waals surface area contributed by atoms with Gasteiger partial charge in [-0.3, -0.25) is 9.59 Å². The molecule has 0 amide bonds. The van der Waals surface area contributed by atoms with Gasteiger partial charge in [-0.15, -0.1) is 0 Å². The molecule has 0 aromatic heterocycles. The number of hydrogen-bond donors (Lipinski definition) is 4. The first kappa shape index (κ1) is 34.6. The molecule has 2 saturated carbocycles. The molecule has 3 saturated heterocycles. The molecule has 5 fully saturated rings. The fourth-order valence-electron chi connectivity index (χ4n) is 11.2. The van der Waals surface area contributed by atoms with E-state index in [1.54, 1.807) is 0 Å². The highest BCUT2D eigenvalue weighted by atomic mass is 16.7. The van der Waals surface area contributed by atoms with Crippen LogP contribution in [0.3, 0.4) is 0 Å². The summed E-state index contributed by atoms with van der Waals surface area (Å²) in [4.78, 5) is 26.1. The summed E-state index contributed by atoms with van der Waals surface area (Å²) in [6, 6.07) is 0. The van der Waals surface area contributed by atoms with Crippen LogP contribution in [0.1, 0.15) is 86.5 Å². The van der Waals surface area contributed by atoms with Gasteiger partial charge in [0.05, 0.1) is 24.7 Å². The normalized spacial score (nSPS) is 51.3. The number of fused-ring (bicyclic) bond motifs is 5. The largest absolute Gasteiger partial charge is 0.462 e. The number of esters is 2. The Bertz CT molecular complexity index is 1360. The predicted molar refractivity (Wildman–Crippen MR) is 171 cm³/mol. The number of ether oxygens (including phenoxy) is 5. The summed E-state index contributed by atoms with van der Waals surface area (Å²) in [6.45, 7) is 11.8. The minimum absolute atomic E-state index is 0.0317. The van der Waals surface area contributed by atoms with Gasteiger partial charge in [0.2, 0.25) is 0 Å². The van der Waals surface area contributed by atoms with Crippen molar-refractivity contribution in [2.45, 2.75) is 147 Å². The molecule has 0 aromatic rings. The lowest BCUT2D eigenvalue weighted by atomic mass is 9.51. The van der Waals surface area contributed by atoms with Gasteiger partial charge in [-0.25, -0.2) is 0 Å². The molecule has 7 rings (SSSR count). The maximum absolute atomic E-state index is 13.7. The van der Waals surface area contributed by atoms with E-state index >= 15 is 0 Å². The number of aliphatic hydroxyl groups is 4. The van der Waals surface area contributed by atoms with Crippen molar-refractivity contribution in [2.75, 3.05) is 6.61 Å². The second kappa shape index (κ2) is 12.1. The van der Waals surface area contributed by atoms with Crippen LogP contribution in [0.5, 0.6) is 0 Å². The molecule has 3 aliphatic heterocycles. The fourth-order valence-corrected chi connectivity index (χ4v) is 11.2. The second-order valence-corrected chi connectivity index (χ2v) is 16.6. The third-order valence-corrected chi connectivity index (χ3v) is 13.8. The zero-order valence-electron chi connectivity index (χ0n) is 29.0. The van der Waals surface area contributed by atoms with Gasteiger partial charge in [0, 0.05) is 19.3 Å². The van der Waals surface area contributed by atoms with E-state index in [0.717, 1.165) is 32.1 Å². The molecule has 48 heavy (non-hydrogen) atoms. The molecular formula is C37H54O11. The molecule has 4 aliphatic carbocycles. The highest BCUT2D eigenvalue weighted by Crippen LogP contribution is 2.66. The van der Waals surface area contributed by atoms with Gasteiger partial charge >= 0.3 is 11.9 Å². The van der Waals surface area contributed by atoms with Gasteiger partial charge in [-0.1, -0.05) is 39.8 Å². The summed E-state index contributed by atoms with van der Waals surface area (Å²) in [5.74, 6) is -0.463. The molecule has 11 heteroatoms. The summed E-state index contributed by atoms with van der Waals surface area (Å²) in [5.41, 5.74) is 1.82. The van der Waals surface area contributed by atoms with E-state index in [2.05, 4.69) is 39.8 Å². The number of epoxide rings is 1. The summed E-state index contributed by atoms with van der Waals surface area (Å²) in [7, 11) is 0. The maximum Gasteiger partial charge on any atom is 0.309 e. The van der Waals surface area contributed by atoms with E-state index in [1.807, 2.05) is 6.92 Å². The molecule has 7 aliphatic rings. The molecular weight excluding hydrogens is 620 g/mol. The van der Waals surface area contributed by atoms with Crippen LogP contribution in [0.25, 0.3) is 0 Å². The van der Waals surface area contributed by atoms with Crippen molar-refractivity contribution in [3.63, 3.8) is 0 Å². The number of allylic oxidation sites excluding steroid dienone is 4. The summed E-state index contributed by atoms with van der Waals surface area (Å²) in [6.07, 6.45) is 2.57. The van der Waals surface area contributed by atoms with Crippen molar-refractivity contribution in [3.05, 3.63) is 23.3 Å². The van der Waals surface area contributed by atoms with Crippen LogP contribution in [0.2, 0.25) is 0 Å². The highest BCUT2D eigenvalue weighted by molar-refractivity contribution is 5.76. The van der Waals surface area contributed by atoms with E-state index in [1.165, 1.54) is 18.1 Å². The van der Waals surface area contributed by atoms with E-state index in [-0.39, 0.29) is 76.8 Å². The van der Waals surface area contributed by atoms with Crippen LogP contribution in [-0.4, -0.2) is 99.7 Å². The van der Waals surface area contributed by atoms with E-state index in [4.69, 9.17) is 23.7 Å². The Morgan fingerprint density at radius 2 is 1.81 bits per heavy atom. The third kappa shape index (κ3) is 5.16. The SMILES string of the molecule is CC(=O)OC1CC2C3=CCC4CC(OC5OC(CO)C(O)C(O)C5O)CCC4(C)C3=CCC2(C)C1C1CC(C2(C(C)C)OC2C)OC1=O. The van der Waals surface area contributed by atoms with Gasteiger partial charge in [-0.2, -0.15) is 0 Å². The predicted octanol–water partition coefficient (Wildman–Crippen LogP) is 2.96. The molecule has 4 N–H and O–H groups in total. The third-order valence-electron chi connectivity index (χ3n) is 13.8. The molecule has 0 bridgehead atoms. The van der Waals surface area contributed by atoms with E-state index in [9.17, 15) is 30.0 Å². The van der Waals surface area contributed by atoms with Crippen LogP contribution in [0, 0.1) is 40.4 Å². The zero-order valence-corrected chi connectivity index (χ0v) is 29.0. The maximum atomic E-state index is 13.7. The Morgan fingerprint density at radius 3 is 2.46 bits per heavy atom. The molecule has 11 nitrogen and oxygen atoms in total. The quantitative estimate of drug-likeness (QED) is 0.232. The molecule has 3 heterocycles. The van der Waals surface area contributed by atoms with Crippen molar-refractivity contribution in [3.8, 4) is 0 Å². The Labute approximate surface area is 283 Å². The van der Waals surface area contributed by atoms with Crippen molar-refractivity contribution in [1.29, 1.82) is 0 Å². The average Bonchev–Trinajstić information content (AvgIpc) is 3.45. The van der Waals surface area contributed by atoms with Crippen LogP contribution in [0.15, 0.2) is 23.3 Å². The first-order valence-corrected chi connectivity index (χ1v) is 18.1. The number of aliphatic hydroxyl groups excluding tert-OH is 4. The first-order valence-electron chi connectivity index (χ1n) is 18.1. The average molecular weight is 675 g/mol. The minimum Gasteiger partial charge on any atom is -0.462 e. The van der Waals surface area contributed by atoms with Gasteiger partial charge < -0.3 is 44.1 Å². The van der Waals surface area contributed by atoms with Gasteiger partial charge in [0.1, 0.15) is 42.2 Å². The monoisotopic (exact) mass is 674 g/mol. The standard InChI is InChI=1S/C37H54O11/c1-17(2)37(18(3)48-37)28-14-23(33(43)47-28)29-26(44-19(4)39)15-25-22-8-7-20-13-21(9-11-35(20,5)24(22)10-12-36(25,29)6)45-34-32(42)31(41)30(40)27(16-38)46-34/h8,10,17-18,20-21,23,25-32,34,38,40-42H,7,9,11-16H2,1-6H3. The zero-order chi connectivity index (χ0) is 34.5. The molecule has 268 valence electrons. The van der Waals surface area contributed by atoms with Gasteiger partial charge in [-0.05, 0) is 85.2 Å². The molecule has 0 aromatic carbocycles. The highest BCUT2D eigenvalue weighted by Gasteiger charge is 2.68. The van der Waals surface area contributed by atoms with Crippen molar-refractivity contribution >= 4 is 11.9 Å². The molecule has 16 unspecified atom stereocenters. The van der Waals surface area contributed by atoms with E-state index < -0.39 is 42.9 Å². The van der Waals surface area contributed by atoms with Gasteiger partial charge in [0.25, 0.3) is 0 Å². The van der Waals surface area contributed by atoms with Crippen molar-refractivity contribution < 1.29 is 53.7 Å². The fraction of sp³-hybridized carbons (Fsp3) is 0.838. The smallest absolute Gasteiger partial charge is 0.309 e. The number of cyclic esters (lactones) is 1. The Morgan fingerprint density at radius 1 is 1.08 bits per heavy atom. The van der Waals surface area contributed by atoms with Crippen molar-refractivity contribution in [2.24, 2.45) is 40.4 Å². The number of carbonyl (C=O) groups is 2. The Hall–Kier alpha value is -1.86. The lowest BCUT2D eigenvalue weighted by Gasteiger charge is -2.54. The number of rotatable bonds is 7. The molecule has 0 radical (unpaired) electrons. The summed E-state index contributed by atoms with van der Waals surface area (Å²) >= 11 is 0. The number of carbonyl (C=O) groups excluding carboxylic acids is 2.